The van der Waals surface area contributed by atoms with Crippen molar-refractivity contribution in [3.05, 3.63) is 23.3 Å². The molecule has 94 valence electrons. The van der Waals surface area contributed by atoms with Gasteiger partial charge in [0.2, 0.25) is 10.0 Å². The van der Waals surface area contributed by atoms with Gasteiger partial charge in [-0.05, 0) is 37.8 Å². The lowest BCUT2D eigenvalue weighted by Gasteiger charge is -2.27. The molecule has 1 aromatic rings. The summed E-state index contributed by atoms with van der Waals surface area (Å²) in [5.74, 6) is 0. The third-order valence-corrected chi connectivity index (χ3v) is 5.03. The molecule has 2 rings (SSSR count). The number of hydrogen-bond acceptors (Lipinski definition) is 3. The fraction of sp³-hybridized carbons (Fsp3) is 0.500. The molecule has 5 heteroatoms. The number of benzene rings is 1. The van der Waals surface area contributed by atoms with Crippen LogP contribution in [0.5, 0.6) is 0 Å². The van der Waals surface area contributed by atoms with E-state index in [0.717, 1.165) is 24.8 Å². The summed E-state index contributed by atoms with van der Waals surface area (Å²) in [7, 11) is -3.48. The number of sulfonamides is 1. The Morgan fingerprint density at radius 2 is 1.82 bits per heavy atom. The molecule has 0 radical (unpaired) electrons. The molecular formula is C12H18N2O2S. The first-order valence-corrected chi connectivity index (χ1v) is 7.28. The van der Waals surface area contributed by atoms with Gasteiger partial charge in [-0.2, -0.15) is 0 Å². The number of nitrogens with two attached hydrogens (primary N) is 1. The van der Waals surface area contributed by atoms with Crippen molar-refractivity contribution in [3.8, 4) is 0 Å². The van der Waals surface area contributed by atoms with Crippen molar-refractivity contribution in [2.45, 2.75) is 44.0 Å². The van der Waals surface area contributed by atoms with Crippen LogP contribution in [0.2, 0.25) is 0 Å². The van der Waals surface area contributed by atoms with E-state index >= 15 is 0 Å². The monoisotopic (exact) mass is 254 g/mol. The van der Waals surface area contributed by atoms with Crippen LogP contribution in [0.15, 0.2) is 17.0 Å². The molecule has 0 heterocycles. The van der Waals surface area contributed by atoms with Gasteiger partial charge in [0, 0.05) is 6.04 Å². The molecule has 0 atom stereocenters. The largest absolute Gasteiger partial charge is 0.397 e. The zero-order valence-corrected chi connectivity index (χ0v) is 11.0. The van der Waals surface area contributed by atoms with Crippen molar-refractivity contribution in [2.24, 2.45) is 0 Å². The van der Waals surface area contributed by atoms with Gasteiger partial charge in [-0.3, -0.25) is 0 Å². The minimum atomic E-state index is -3.48. The predicted octanol–water partition coefficient (Wildman–Crippen LogP) is 1.72. The highest BCUT2D eigenvalue weighted by Crippen LogP contribution is 2.28. The Hall–Kier alpha value is -1.07. The first-order chi connectivity index (χ1) is 7.92. The molecule has 0 saturated heterocycles. The number of rotatable bonds is 3. The Kier molecular flexibility index (Phi) is 3.14. The maximum Gasteiger partial charge on any atom is 0.243 e. The maximum absolute atomic E-state index is 12.2. The molecule has 1 fully saturated rings. The number of anilines is 1. The Labute approximate surface area is 102 Å². The zero-order valence-electron chi connectivity index (χ0n) is 10.2. The maximum atomic E-state index is 12.2. The first kappa shape index (κ1) is 12.4. The molecular weight excluding hydrogens is 236 g/mol. The van der Waals surface area contributed by atoms with Crippen molar-refractivity contribution in [1.82, 2.24) is 4.72 Å². The van der Waals surface area contributed by atoms with Crippen molar-refractivity contribution in [1.29, 1.82) is 0 Å². The van der Waals surface area contributed by atoms with Crippen LogP contribution in [-0.2, 0) is 10.0 Å². The summed E-state index contributed by atoms with van der Waals surface area (Å²) in [5.41, 5.74) is 7.73. The average molecular weight is 254 g/mol. The van der Waals surface area contributed by atoms with Crippen LogP contribution in [0.3, 0.4) is 0 Å². The van der Waals surface area contributed by atoms with Gasteiger partial charge in [-0.25, -0.2) is 13.1 Å². The summed E-state index contributed by atoms with van der Waals surface area (Å²) in [5, 5.41) is 0. The van der Waals surface area contributed by atoms with Gasteiger partial charge in [-0.15, -0.1) is 0 Å². The highest BCUT2D eigenvalue weighted by atomic mass is 32.2. The molecule has 17 heavy (non-hydrogen) atoms. The van der Waals surface area contributed by atoms with E-state index in [-0.39, 0.29) is 10.9 Å². The minimum Gasteiger partial charge on any atom is -0.397 e. The lowest BCUT2D eigenvalue weighted by molar-refractivity contribution is 0.383. The van der Waals surface area contributed by atoms with E-state index in [2.05, 4.69) is 4.72 Å². The lowest BCUT2D eigenvalue weighted by Crippen LogP contribution is -2.39. The molecule has 0 spiro atoms. The molecule has 1 aliphatic rings. The fourth-order valence-electron chi connectivity index (χ4n) is 1.97. The summed E-state index contributed by atoms with van der Waals surface area (Å²) < 4.78 is 27.2. The van der Waals surface area contributed by atoms with Gasteiger partial charge < -0.3 is 5.73 Å². The SMILES string of the molecule is Cc1ccc(C)c(S(=O)(=O)NC2CCC2)c1N. The second-order valence-corrected chi connectivity index (χ2v) is 6.34. The summed E-state index contributed by atoms with van der Waals surface area (Å²) in [6.07, 6.45) is 2.93. The van der Waals surface area contributed by atoms with Gasteiger partial charge >= 0.3 is 0 Å². The summed E-state index contributed by atoms with van der Waals surface area (Å²) in [4.78, 5) is 0.240. The standard InChI is InChI=1S/C12H18N2O2S/c1-8-6-7-9(2)12(11(8)13)17(15,16)14-10-4-3-5-10/h6-7,10,14H,3-5,13H2,1-2H3. The molecule has 0 unspecified atom stereocenters. The number of nitrogens with one attached hydrogen (secondary N) is 1. The third-order valence-electron chi connectivity index (χ3n) is 3.31. The summed E-state index contributed by atoms with van der Waals surface area (Å²) >= 11 is 0. The minimum absolute atomic E-state index is 0.0827. The highest BCUT2D eigenvalue weighted by Gasteiger charge is 2.27. The van der Waals surface area contributed by atoms with Crippen molar-refractivity contribution < 1.29 is 8.42 Å². The van der Waals surface area contributed by atoms with Crippen molar-refractivity contribution in [3.63, 3.8) is 0 Å². The predicted molar refractivity (Wildman–Crippen MR) is 68.3 cm³/mol. The Bertz CT molecular complexity index is 534. The normalized spacial score (nSPS) is 16.8. The topological polar surface area (TPSA) is 72.2 Å². The van der Waals surface area contributed by atoms with Crippen molar-refractivity contribution in [2.75, 3.05) is 5.73 Å². The summed E-state index contributed by atoms with van der Waals surface area (Å²) in [6.45, 7) is 3.59. The third kappa shape index (κ3) is 2.30. The number of aryl methyl sites for hydroxylation is 2. The molecule has 0 bridgehead atoms. The highest BCUT2D eigenvalue weighted by molar-refractivity contribution is 7.89. The second kappa shape index (κ2) is 4.31. The van der Waals surface area contributed by atoms with Crippen LogP contribution in [0, 0.1) is 13.8 Å². The van der Waals surface area contributed by atoms with Gasteiger partial charge in [0.25, 0.3) is 0 Å². The molecule has 0 aromatic heterocycles. The van der Waals surface area contributed by atoms with Gasteiger partial charge in [0.1, 0.15) is 4.90 Å². The van der Waals surface area contributed by atoms with E-state index in [1.165, 1.54) is 0 Å². The molecule has 0 amide bonds. The van der Waals surface area contributed by atoms with Crippen molar-refractivity contribution >= 4 is 15.7 Å². The van der Waals surface area contributed by atoms with E-state index in [0.29, 0.717) is 11.3 Å². The fourth-order valence-corrected chi connectivity index (χ4v) is 3.70. The van der Waals surface area contributed by atoms with Crippen LogP contribution >= 0.6 is 0 Å². The van der Waals surface area contributed by atoms with Crippen LogP contribution in [0.4, 0.5) is 5.69 Å². The Balaban J connectivity index is 2.41. The second-order valence-electron chi connectivity index (χ2n) is 4.69. The van der Waals surface area contributed by atoms with Crippen LogP contribution in [0.25, 0.3) is 0 Å². The van der Waals surface area contributed by atoms with Crippen LogP contribution in [0.1, 0.15) is 30.4 Å². The number of hydrogen-bond donors (Lipinski definition) is 2. The van der Waals surface area contributed by atoms with Gasteiger partial charge in [0.15, 0.2) is 0 Å². The zero-order chi connectivity index (χ0) is 12.6. The van der Waals surface area contributed by atoms with Crippen LogP contribution in [-0.4, -0.2) is 14.5 Å². The van der Waals surface area contributed by atoms with Gasteiger partial charge in [0.05, 0.1) is 5.69 Å². The molecule has 3 N–H and O–H groups in total. The van der Waals surface area contributed by atoms with E-state index in [1.54, 1.807) is 13.0 Å². The first-order valence-electron chi connectivity index (χ1n) is 5.80. The van der Waals surface area contributed by atoms with E-state index < -0.39 is 10.0 Å². The van der Waals surface area contributed by atoms with Crippen LogP contribution < -0.4 is 10.5 Å². The quantitative estimate of drug-likeness (QED) is 0.807. The molecule has 0 aliphatic heterocycles. The number of nitrogen functional groups attached to an aromatic ring is 1. The van der Waals surface area contributed by atoms with E-state index in [1.807, 2.05) is 13.0 Å². The molecule has 1 saturated carbocycles. The average Bonchev–Trinajstić information content (AvgIpc) is 2.18. The van der Waals surface area contributed by atoms with Gasteiger partial charge in [-0.1, -0.05) is 18.6 Å². The Morgan fingerprint density at radius 3 is 2.35 bits per heavy atom. The smallest absolute Gasteiger partial charge is 0.243 e. The molecule has 1 aromatic carbocycles. The lowest BCUT2D eigenvalue weighted by atomic mass is 9.94. The Morgan fingerprint density at radius 1 is 1.24 bits per heavy atom. The van der Waals surface area contributed by atoms with E-state index in [9.17, 15) is 8.42 Å². The molecule has 4 nitrogen and oxygen atoms in total. The molecule has 1 aliphatic carbocycles. The van der Waals surface area contributed by atoms with E-state index in [4.69, 9.17) is 5.73 Å². The summed E-state index contributed by atoms with van der Waals surface area (Å²) in [6, 6.07) is 3.72.